The lowest BCUT2D eigenvalue weighted by atomic mass is 10.0. The molecule has 0 saturated carbocycles. The Morgan fingerprint density at radius 3 is 2.43 bits per heavy atom. The van der Waals surface area contributed by atoms with Crippen molar-refractivity contribution < 1.29 is 9.90 Å². The second kappa shape index (κ2) is 8.56. The van der Waals surface area contributed by atoms with Crippen LogP contribution in [0.3, 0.4) is 0 Å². The molecule has 0 spiro atoms. The van der Waals surface area contributed by atoms with Crippen molar-refractivity contribution in [2.45, 2.75) is 39.5 Å². The van der Waals surface area contributed by atoms with Crippen LogP contribution in [0.4, 0.5) is 5.82 Å². The highest BCUT2D eigenvalue weighted by molar-refractivity contribution is 5.95. The molecule has 6 nitrogen and oxygen atoms in total. The predicted molar refractivity (Wildman–Crippen MR) is 84.0 cm³/mol. The van der Waals surface area contributed by atoms with Crippen molar-refractivity contribution in [2.24, 2.45) is 0 Å². The fraction of sp³-hybridized carbons (Fsp3) is 0.667. The molecule has 0 unspecified atom stereocenters. The summed E-state index contributed by atoms with van der Waals surface area (Å²) in [4.78, 5) is 13.7. The largest absolute Gasteiger partial charge is 0.478 e. The third-order valence-corrected chi connectivity index (χ3v) is 3.38. The maximum atomic E-state index is 11.5. The van der Waals surface area contributed by atoms with Crippen LogP contribution in [0.2, 0.25) is 0 Å². The molecule has 0 fully saturated rings. The van der Waals surface area contributed by atoms with Gasteiger partial charge in [0.25, 0.3) is 0 Å². The molecule has 0 radical (unpaired) electrons. The molecule has 0 atom stereocenters. The Kier molecular flexibility index (Phi) is 7.08. The van der Waals surface area contributed by atoms with Gasteiger partial charge in [-0.15, -0.1) is 5.10 Å². The summed E-state index contributed by atoms with van der Waals surface area (Å²) in [6.45, 7) is 5.64. The van der Waals surface area contributed by atoms with Crippen molar-refractivity contribution in [3.8, 4) is 0 Å². The molecule has 1 aromatic heterocycles. The number of aromatic carboxylic acids is 1. The number of carbonyl (C=O) groups is 1. The van der Waals surface area contributed by atoms with E-state index in [1.807, 2.05) is 27.9 Å². The van der Waals surface area contributed by atoms with E-state index >= 15 is 0 Å². The van der Waals surface area contributed by atoms with Gasteiger partial charge in [-0.05, 0) is 51.9 Å². The highest BCUT2D eigenvalue weighted by atomic mass is 16.4. The van der Waals surface area contributed by atoms with Gasteiger partial charge in [0.15, 0.2) is 5.82 Å². The number of hydrogen-bond acceptors (Lipinski definition) is 5. The second-order valence-corrected chi connectivity index (χ2v) is 5.30. The Balaban J connectivity index is 2.80. The van der Waals surface area contributed by atoms with Gasteiger partial charge in [0.1, 0.15) is 5.56 Å². The molecule has 0 aliphatic carbocycles. The molecule has 0 saturated heterocycles. The molecule has 0 aromatic carbocycles. The highest BCUT2D eigenvalue weighted by Gasteiger charge is 2.19. The quantitative estimate of drug-likeness (QED) is 0.679. The standard InChI is InChI=1S/C15H26N4O2/c1-5-11-12(6-2)17-18-14(13(11)15(20)21)16-9-7-8-10-19(3)4/h5-10H2,1-4H3,(H,16,18)(H,20,21). The maximum absolute atomic E-state index is 11.5. The number of nitrogens with zero attached hydrogens (tertiary/aromatic N) is 3. The molecular weight excluding hydrogens is 268 g/mol. The zero-order valence-corrected chi connectivity index (χ0v) is 13.4. The van der Waals surface area contributed by atoms with Crippen molar-refractivity contribution in [1.29, 1.82) is 0 Å². The summed E-state index contributed by atoms with van der Waals surface area (Å²) in [7, 11) is 4.08. The fourth-order valence-corrected chi connectivity index (χ4v) is 2.29. The van der Waals surface area contributed by atoms with Crippen LogP contribution < -0.4 is 5.32 Å². The highest BCUT2D eigenvalue weighted by Crippen LogP contribution is 2.21. The lowest BCUT2D eigenvalue weighted by molar-refractivity contribution is 0.0696. The number of rotatable bonds is 9. The molecule has 0 aliphatic heterocycles. The van der Waals surface area contributed by atoms with Crippen LogP contribution in [0.15, 0.2) is 0 Å². The van der Waals surface area contributed by atoms with Crippen LogP contribution in [-0.4, -0.2) is 53.4 Å². The van der Waals surface area contributed by atoms with Crippen LogP contribution in [0, 0.1) is 0 Å². The van der Waals surface area contributed by atoms with Crippen LogP contribution in [0.1, 0.15) is 48.3 Å². The number of unbranched alkanes of at least 4 members (excludes halogenated alkanes) is 1. The minimum Gasteiger partial charge on any atom is -0.478 e. The van der Waals surface area contributed by atoms with Crippen molar-refractivity contribution in [1.82, 2.24) is 15.1 Å². The van der Waals surface area contributed by atoms with Gasteiger partial charge in [-0.2, -0.15) is 5.10 Å². The number of aryl methyl sites for hydroxylation is 1. The maximum Gasteiger partial charge on any atom is 0.339 e. The molecule has 6 heteroatoms. The Morgan fingerprint density at radius 1 is 1.19 bits per heavy atom. The topological polar surface area (TPSA) is 78.4 Å². The van der Waals surface area contributed by atoms with E-state index in [1.54, 1.807) is 0 Å². The molecule has 1 aromatic rings. The number of anilines is 1. The summed E-state index contributed by atoms with van der Waals surface area (Å²) >= 11 is 0. The minimum absolute atomic E-state index is 0.275. The third-order valence-electron chi connectivity index (χ3n) is 3.38. The number of carboxylic acids is 1. The van der Waals surface area contributed by atoms with E-state index in [2.05, 4.69) is 20.4 Å². The monoisotopic (exact) mass is 294 g/mol. The summed E-state index contributed by atoms with van der Waals surface area (Å²) in [6, 6.07) is 0. The van der Waals surface area contributed by atoms with E-state index in [4.69, 9.17) is 0 Å². The third kappa shape index (κ3) is 4.97. The van der Waals surface area contributed by atoms with Crippen LogP contribution in [0.5, 0.6) is 0 Å². The summed E-state index contributed by atoms with van der Waals surface area (Å²) < 4.78 is 0. The van der Waals surface area contributed by atoms with E-state index < -0.39 is 5.97 Å². The van der Waals surface area contributed by atoms with Crippen molar-refractivity contribution >= 4 is 11.8 Å². The van der Waals surface area contributed by atoms with Crippen LogP contribution >= 0.6 is 0 Å². The van der Waals surface area contributed by atoms with Gasteiger partial charge in [0.2, 0.25) is 0 Å². The molecule has 21 heavy (non-hydrogen) atoms. The van der Waals surface area contributed by atoms with E-state index in [-0.39, 0.29) is 5.56 Å². The molecule has 0 amide bonds. The van der Waals surface area contributed by atoms with Crippen molar-refractivity contribution in [3.05, 3.63) is 16.8 Å². The Morgan fingerprint density at radius 2 is 1.90 bits per heavy atom. The fourth-order valence-electron chi connectivity index (χ4n) is 2.29. The smallest absolute Gasteiger partial charge is 0.339 e. The molecule has 1 heterocycles. The molecule has 0 aliphatic rings. The second-order valence-electron chi connectivity index (χ2n) is 5.30. The number of aromatic nitrogens is 2. The number of carboxylic acid groups (broad SMARTS) is 1. The van der Waals surface area contributed by atoms with Gasteiger partial charge < -0.3 is 15.3 Å². The van der Waals surface area contributed by atoms with Gasteiger partial charge in [-0.1, -0.05) is 13.8 Å². The van der Waals surface area contributed by atoms with Gasteiger partial charge in [-0.3, -0.25) is 0 Å². The lowest BCUT2D eigenvalue weighted by Gasteiger charge is -2.14. The van der Waals surface area contributed by atoms with Crippen LogP contribution in [-0.2, 0) is 12.8 Å². The van der Waals surface area contributed by atoms with Gasteiger partial charge in [0, 0.05) is 6.54 Å². The first kappa shape index (κ1) is 17.4. The first-order valence-electron chi connectivity index (χ1n) is 7.51. The normalized spacial score (nSPS) is 10.9. The Bertz CT molecular complexity index is 475. The summed E-state index contributed by atoms with van der Waals surface area (Å²) in [5.74, 6) is -0.548. The zero-order valence-electron chi connectivity index (χ0n) is 13.4. The van der Waals surface area contributed by atoms with E-state index in [0.29, 0.717) is 25.2 Å². The van der Waals surface area contributed by atoms with E-state index in [9.17, 15) is 9.90 Å². The molecule has 0 bridgehead atoms. The average molecular weight is 294 g/mol. The SMILES string of the molecule is CCc1nnc(NCCCCN(C)C)c(C(=O)O)c1CC. The number of nitrogens with one attached hydrogen (secondary N) is 1. The molecule has 1 rings (SSSR count). The van der Waals surface area contributed by atoms with Gasteiger partial charge >= 0.3 is 5.97 Å². The predicted octanol–water partition coefficient (Wildman–Crippen LogP) is 2.05. The molecular formula is C15H26N4O2. The van der Waals surface area contributed by atoms with Gasteiger partial charge in [-0.25, -0.2) is 4.79 Å². The van der Waals surface area contributed by atoms with Crippen LogP contribution in [0.25, 0.3) is 0 Å². The minimum atomic E-state index is -0.938. The summed E-state index contributed by atoms with van der Waals surface area (Å²) in [5.41, 5.74) is 1.83. The Labute approximate surface area is 126 Å². The Hall–Kier alpha value is -1.69. The molecule has 2 N–H and O–H groups in total. The average Bonchev–Trinajstić information content (AvgIpc) is 2.45. The number of hydrogen-bond donors (Lipinski definition) is 2. The van der Waals surface area contributed by atoms with Crippen molar-refractivity contribution in [2.75, 3.05) is 32.5 Å². The lowest BCUT2D eigenvalue weighted by Crippen LogP contribution is -2.17. The molecule has 118 valence electrons. The zero-order chi connectivity index (χ0) is 15.8. The summed E-state index contributed by atoms with van der Waals surface area (Å²) in [5, 5.41) is 20.8. The van der Waals surface area contributed by atoms with Gasteiger partial charge in [0.05, 0.1) is 5.69 Å². The first-order valence-corrected chi connectivity index (χ1v) is 7.51. The van der Waals surface area contributed by atoms with E-state index in [1.165, 1.54) is 0 Å². The van der Waals surface area contributed by atoms with E-state index in [0.717, 1.165) is 30.6 Å². The summed E-state index contributed by atoms with van der Waals surface area (Å²) in [6.07, 6.45) is 3.37. The van der Waals surface area contributed by atoms with Crippen molar-refractivity contribution in [3.63, 3.8) is 0 Å². The first-order chi connectivity index (χ1) is 10.0.